The first-order chi connectivity index (χ1) is 8.11. The summed E-state index contributed by atoms with van der Waals surface area (Å²) in [6, 6.07) is 3.61. The van der Waals surface area contributed by atoms with Crippen LogP contribution < -0.4 is 14.8 Å². The molecule has 2 N–H and O–H groups in total. The molecule has 0 aliphatic carbocycles. The minimum atomic E-state index is -1.03. The van der Waals surface area contributed by atoms with Crippen molar-refractivity contribution in [3.63, 3.8) is 0 Å². The number of benzene rings is 1. The van der Waals surface area contributed by atoms with Crippen LogP contribution in [0.5, 0.6) is 11.5 Å². The largest absolute Gasteiger partial charge is 0.493 e. The maximum Gasteiger partial charge on any atom is 0.405 e. The van der Waals surface area contributed by atoms with Crippen LogP contribution >= 0.6 is 0 Å². The number of carbonyl (C=O) groups is 1. The van der Waals surface area contributed by atoms with E-state index in [1.807, 2.05) is 19.1 Å². The van der Waals surface area contributed by atoms with E-state index < -0.39 is 6.09 Å². The average Bonchev–Trinajstić information content (AvgIpc) is 2.29. The van der Waals surface area contributed by atoms with Gasteiger partial charge in [0.25, 0.3) is 0 Å². The Morgan fingerprint density at radius 1 is 1.59 bits per heavy atom. The van der Waals surface area contributed by atoms with E-state index in [9.17, 15) is 4.79 Å². The molecule has 1 aromatic carbocycles. The molecule has 0 bridgehead atoms. The maximum atomic E-state index is 10.6. The van der Waals surface area contributed by atoms with E-state index in [0.29, 0.717) is 18.8 Å². The summed E-state index contributed by atoms with van der Waals surface area (Å²) in [6.45, 7) is 2.31. The number of amides is 1. The third-order valence-electron chi connectivity index (χ3n) is 2.89. The second-order valence-electron chi connectivity index (χ2n) is 4.05. The van der Waals surface area contributed by atoms with Crippen LogP contribution in [0.25, 0.3) is 0 Å². The predicted octanol–water partition coefficient (Wildman–Crippen LogP) is 1.57. The molecule has 1 heterocycles. The van der Waals surface area contributed by atoms with Gasteiger partial charge in [0, 0.05) is 12.0 Å². The number of hydrogen-bond acceptors (Lipinski definition) is 3. The smallest absolute Gasteiger partial charge is 0.405 e. The molecule has 1 aromatic rings. The van der Waals surface area contributed by atoms with E-state index >= 15 is 0 Å². The molecule has 0 saturated carbocycles. The van der Waals surface area contributed by atoms with Crippen molar-refractivity contribution < 1.29 is 19.4 Å². The number of hydrogen-bond donors (Lipinski definition) is 2. The summed E-state index contributed by atoms with van der Waals surface area (Å²) >= 11 is 0. The topological polar surface area (TPSA) is 67.8 Å². The third kappa shape index (κ3) is 2.27. The molecule has 1 aliphatic heterocycles. The summed E-state index contributed by atoms with van der Waals surface area (Å²) in [7, 11) is 1.59. The van der Waals surface area contributed by atoms with Crippen LogP contribution in [0.15, 0.2) is 12.1 Å². The lowest BCUT2D eigenvalue weighted by Crippen LogP contribution is -2.42. The minimum Gasteiger partial charge on any atom is -0.493 e. The lowest BCUT2D eigenvalue weighted by molar-refractivity contribution is 0.175. The molecule has 5 heteroatoms. The first-order valence-corrected chi connectivity index (χ1v) is 5.40. The molecule has 0 spiro atoms. The molecule has 17 heavy (non-hydrogen) atoms. The van der Waals surface area contributed by atoms with Gasteiger partial charge < -0.3 is 19.9 Å². The van der Waals surface area contributed by atoms with E-state index in [-0.39, 0.29) is 6.04 Å². The number of ether oxygens (including phenoxy) is 2. The number of methoxy groups -OCH3 is 1. The van der Waals surface area contributed by atoms with Gasteiger partial charge in [-0.1, -0.05) is 6.07 Å². The summed E-state index contributed by atoms with van der Waals surface area (Å²) in [4.78, 5) is 10.6. The zero-order chi connectivity index (χ0) is 12.4. The number of rotatable bonds is 2. The second kappa shape index (κ2) is 4.53. The van der Waals surface area contributed by atoms with E-state index in [1.165, 1.54) is 0 Å². The van der Waals surface area contributed by atoms with Crippen LogP contribution in [-0.2, 0) is 6.42 Å². The highest BCUT2D eigenvalue weighted by Crippen LogP contribution is 2.36. The van der Waals surface area contributed by atoms with Gasteiger partial charge in [-0.15, -0.1) is 0 Å². The fourth-order valence-electron chi connectivity index (χ4n) is 2.03. The van der Waals surface area contributed by atoms with Crippen LogP contribution in [0.1, 0.15) is 11.1 Å². The number of carboxylic acid groups (broad SMARTS) is 1. The highest BCUT2D eigenvalue weighted by Gasteiger charge is 2.25. The molecule has 0 saturated heterocycles. The van der Waals surface area contributed by atoms with Gasteiger partial charge in [0.2, 0.25) is 0 Å². The van der Waals surface area contributed by atoms with Crippen molar-refractivity contribution >= 4 is 6.09 Å². The van der Waals surface area contributed by atoms with Gasteiger partial charge in [-0.2, -0.15) is 0 Å². The fourth-order valence-corrected chi connectivity index (χ4v) is 2.03. The highest BCUT2D eigenvalue weighted by atomic mass is 16.5. The second-order valence-corrected chi connectivity index (χ2v) is 4.05. The first kappa shape index (κ1) is 11.6. The molecule has 0 aromatic heterocycles. The average molecular weight is 237 g/mol. The van der Waals surface area contributed by atoms with Gasteiger partial charge in [-0.25, -0.2) is 4.79 Å². The van der Waals surface area contributed by atoms with Gasteiger partial charge in [0.05, 0.1) is 13.2 Å². The monoisotopic (exact) mass is 237 g/mol. The van der Waals surface area contributed by atoms with Crippen LogP contribution in [0, 0.1) is 6.92 Å². The lowest BCUT2D eigenvalue weighted by atomic mass is 9.97. The molecule has 1 aliphatic rings. The Morgan fingerprint density at radius 2 is 2.35 bits per heavy atom. The van der Waals surface area contributed by atoms with Gasteiger partial charge in [-0.05, 0) is 18.6 Å². The Labute approximate surface area is 99.3 Å². The zero-order valence-corrected chi connectivity index (χ0v) is 9.82. The van der Waals surface area contributed by atoms with E-state index in [0.717, 1.165) is 16.9 Å². The predicted molar refractivity (Wildman–Crippen MR) is 61.9 cm³/mol. The molecule has 0 fully saturated rings. The molecular weight excluding hydrogens is 222 g/mol. The van der Waals surface area contributed by atoms with Crippen molar-refractivity contribution in [2.24, 2.45) is 0 Å². The van der Waals surface area contributed by atoms with Crippen molar-refractivity contribution in [1.82, 2.24) is 5.32 Å². The quantitative estimate of drug-likeness (QED) is 0.819. The van der Waals surface area contributed by atoms with Crippen molar-refractivity contribution in [3.8, 4) is 11.5 Å². The molecule has 1 atom stereocenters. The molecule has 5 nitrogen and oxygen atoms in total. The Hall–Kier alpha value is -1.91. The summed E-state index contributed by atoms with van der Waals surface area (Å²) in [5, 5.41) is 11.1. The van der Waals surface area contributed by atoms with Crippen molar-refractivity contribution in [3.05, 3.63) is 23.3 Å². The Bertz CT molecular complexity index is 444. The third-order valence-corrected chi connectivity index (χ3v) is 2.89. The minimum absolute atomic E-state index is 0.203. The Kier molecular flexibility index (Phi) is 3.08. The standard InChI is InChI=1S/C12H15NO4/c1-7-3-4-10(16-2)11-9(7)5-8(6-17-11)13-12(14)15/h3-4,8,13H,5-6H2,1-2H3,(H,14,15). The summed E-state index contributed by atoms with van der Waals surface area (Å²) in [6.07, 6.45) is -0.396. The lowest BCUT2D eigenvalue weighted by Gasteiger charge is -2.27. The van der Waals surface area contributed by atoms with E-state index in [2.05, 4.69) is 5.32 Å². The Morgan fingerprint density at radius 3 is 3.00 bits per heavy atom. The molecule has 2 rings (SSSR count). The van der Waals surface area contributed by atoms with Gasteiger partial charge in [0.1, 0.15) is 6.61 Å². The number of nitrogens with one attached hydrogen (secondary N) is 1. The highest BCUT2D eigenvalue weighted by molar-refractivity contribution is 5.65. The van der Waals surface area contributed by atoms with Crippen LogP contribution in [-0.4, -0.2) is 31.0 Å². The number of aryl methyl sites for hydroxylation is 1. The van der Waals surface area contributed by atoms with Gasteiger partial charge in [0.15, 0.2) is 11.5 Å². The van der Waals surface area contributed by atoms with Gasteiger partial charge in [-0.3, -0.25) is 0 Å². The molecule has 1 amide bonds. The molecule has 1 unspecified atom stereocenters. The number of fused-ring (bicyclic) bond motifs is 1. The van der Waals surface area contributed by atoms with E-state index in [4.69, 9.17) is 14.6 Å². The Balaban J connectivity index is 2.28. The van der Waals surface area contributed by atoms with Crippen molar-refractivity contribution in [2.75, 3.05) is 13.7 Å². The summed E-state index contributed by atoms with van der Waals surface area (Å²) in [5.41, 5.74) is 2.09. The van der Waals surface area contributed by atoms with Crippen LogP contribution in [0.4, 0.5) is 4.79 Å². The summed E-state index contributed by atoms with van der Waals surface area (Å²) < 4.78 is 10.8. The van der Waals surface area contributed by atoms with Crippen LogP contribution in [0.2, 0.25) is 0 Å². The molecule has 92 valence electrons. The van der Waals surface area contributed by atoms with E-state index in [1.54, 1.807) is 7.11 Å². The molecule has 0 radical (unpaired) electrons. The SMILES string of the molecule is COc1ccc(C)c2c1OCC(NC(=O)O)C2. The summed E-state index contributed by atoms with van der Waals surface area (Å²) in [5.74, 6) is 1.43. The van der Waals surface area contributed by atoms with Crippen LogP contribution in [0.3, 0.4) is 0 Å². The maximum absolute atomic E-state index is 10.6. The van der Waals surface area contributed by atoms with Crippen molar-refractivity contribution in [1.29, 1.82) is 0 Å². The fraction of sp³-hybridized carbons (Fsp3) is 0.417. The zero-order valence-electron chi connectivity index (χ0n) is 9.82. The normalized spacial score (nSPS) is 17.9. The van der Waals surface area contributed by atoms with Crippen molar-refractivity contribution in [2.45, 2.75) is 19.4 Å². The van der Waals surface area contributed by atoms with Gasteiger partial charge >= 0.3 is 6.09 Å². The first-order valence-electron chi connectivity index (χ1n) is 5.40. The molecular formula is C12H15NO4.